The molecule has 166 valence electrons. The van der Waals surface area contributed by atoms with Crippen LogP contribution < -0.4 is 15.5 Å². The van der Waals surface area contributed by atoms with Crippen molar-refractivity contribution in [2.75, 3.05) is 45.7 Å². The number of guanidine groups is 1. The third kappa shape index (κ3) is 5.64. The molecule has 1 saturated carbocycles. The SMILES string of the molecule is CN=C(NCc1ccc(N2CCCCCC2)nc1)NCC1(C(=O)N(C)C)CCCC1. The summed E-state index contributed by atoms with van der Waals surface area (Å²) < 4.78 is 0. The summed E-state index contributed by atoms with van der Waals surface area (Å²) >= 11 is 0. The molecule has 3 rings (SSSR count). The Morgan fingerprint density at radius 2 is 1.80 bits per heavy atom. The van der Waals surface area contributed by atoms with Gasteiger partial charge in [-0.3, -0.25) is 9.79 Å². The Kier molecular flexibility index (Phi) is 7.94. The van der Waals surface area contributed by atoms with Crippen molar-refractivity contribution < 1.29 is 4.79 Å². The third-order valence-corrected chi connectivity index (χ3v) is 6.44. The summed E-state index contributed by atoms with van der Waals surface area (Å²) in [5.41, 5.74) is 0.814. The van der Waals surface area contributed by atoms with Gasteiger partial charge in [0, 0.05) is 53.5 Å². The predicted molar refractivity (Wildman–Crippen MR) is 123 cm³/mol. The van der Waals surface area contributed by atoms with E-state index in [4.69, 9.17) is 0 Å². The summed E-state index contributed by atoms with van der Waals surface area (Å²) in [5, 5.41) is 6.76. The Balaban J connectivity index is 1.52. The molecule has 0 radical (unpaired) electrons. The lowest BCUT2D eigenvalue weighted by Gasteiger charge is -2.31. The van der Waals surface area contributed by atoms with Crippen molar-refractivity contribution in [1.82, 2.24) is 20.5 Å². The molecule has 2 heterocycles. The van der Waals surface area contributed by atoms with Gasteiger partial charge in [0.15, 0.2) is 5.96 Å². The van der Waals surface area contributed by atoms with Crippen molar-refractivity contribution in [2.24, 2.45) is 10.4 Å². The topological polar surface area (TPSA) is 72.9 Å². The van der Waals surface area contributed by atoms with Gasteiger partial charge in [0.05, 0.1) is 5.41 Å². The van der Waals surface area contributed by atoms with Crippen LogP contribution in [0.15, 0.2) is 23.3 Å². The van der Waals surface area contributed by atoms with Crippen LogP contribution in [0.1, 0.15) is 56.9 Å². The Labute approximate surface area is 181 Å². The molecule has 2 N–H and O–H groups in total. The van der Waals surface area contributed by atoms with Crippen LogP contribution in [0.4, 0.5) is 5.82 Å². The number of amides is 1. The van der Waals surface area contributed by atoms with Crippen LogP contribution in [0.2, 0.25) is 0 Å². The number of nitrogens with zero attached hydrogens (tertiary/aromatic N) is 4. The fourth-order valence-electron chi connectivity index (χ4n) is 4.66. The normalized spacial score (nSPS) is 19.3. The molecule has 0 unspecified atom stereocenters. The van der Waals surface area contributed by atoms with Crippen molar-refractivity contribution in [3.63, 3.8) is 0 Å². The summed E-state index contributed by atoms with van der Waals surface area (Å²) in [5.74, 6) is 2.02. The molecule has 0 spiro atoms. The molecule has 1 aliphatic heterocycles. The van der Waals surface area contributed by atoms with Crippen LogP contribution in [0, 0.1) is 5.41 Å². The zero-order valence-corrected chi connectivity index (χ0v) is 18.9. The highest BCUT2D eigenvalue weighted by Gasteiger charge is 2.42. The fraction of sp³-hybridized carbons (Fsp3) is 0.696. The Morgan fingerprint density at radius 3 is 2.37 bits per heavy atom. The van der Waals surface area contributed by atoms with E-state index >= 15 is 0 Å². The average molecular weight is 415 g/mol. The molecule has 0 bridgehead atoms. The number of anilines is 1. The summed E-state index contributed by atoms with van der Waals surface area (Å²) in [6.45, 7) is 3.49. The minimum absolute atomic E-state index is 0.219. The Hall–Kier alpha value is -2.31. The van der Waals surface area contributed by atoms with E-state index in [9.17, 15) is 4.79 Å². The number of carbonyl (C=O) groups excluding carboxylic acids is 1. The van der Waals surface area contributed by atoms with E-state index in [2.05, 4.69) is 37.6 Å². The molecule has 0 aromatic carbocycles. The largest absolute Gasteiger partial charge is 0.357 e. The van der Waals surface area contributed by atoms with Crippen molar-refractivity contribution in [3.8, 4) is 0 Å². The third-order valence-electron chi connectivity index (χ3n) is 6.44. The van der Waals surface area contributed by atoms with Crippen molar-refractivity contribution in [3.05, 3.63) is 23.9 Å². The van der Waals surface area contributed by atoms with Gasteiger partial charge in [-0.2, -0.15) is 0 Å². The molecule has 1 aliphatic carbocycles. The van der Waals surface area contributed by atoms with Crippen molar-refractivity contribution in [1.29, 1.82) is 0 Å². The second kappa shape index (κ2) is 10.6. The maximum absolute atomic E-state index is 12.7. The van der Waals surface area contributed by atoms with Crippen LogP contribution in [0.5, 0.6) is 0 Å². The molecule has 7 heteroatoms. The van der Waals surface area contributed by atoms with E-state index in [1.807, 2.05) is 20.3 Å². The summed E-state index contributed by atoms with van der Waals surface area (Å²) in [6.07, 6.45) is 11.2. The number of aliphatic imine (C=N–C) groups is 1. The molecular formula is C23H38N6O. The van der Waals surface area contributed by atoms with Gasteiger partial charge in [0.25, 0.3) is 0 Å². The van der Waals surface area contributed by atoms with E-state index in [0.717, 1.165) is 56.1 Å². The lowest BCUT2D eigenvalue weighted by Crippen LogP contribution is -2.49. The van der Waals surface area contributed by atoms with Gasteiger partial charge in [-0.15, -0.1) is 0 Å². The standard InChI is InChI=1S/C23H38N6O/c1-24-22(27-18-23(12-6-7-13-23)21(30)28(2)3)26-17-19-10-11-20(25-16-19)29-14-8-4-5-9-15-29/h10-11,16H,4-9,12-15,17-18H2,1-3H3,(H2,24,26,27). The number of rotatable bonds is 6. The molecule has 30 heavy (non-hydrogen) atoms. The maximum atomic E-state index is 12.7. The summed E-state index contributed by atoms with van der Waals surface area (Å²) in [6, 6.07) is 4.27. The van der Waals surface area contributed by atoms with Gasteiger partial charge in [0.1, 0.15) is 5.82 Å². The molecule has 2 aliphatic rings. The number of pyridine rings is 1. The van der Waals surface area contributed by atoms with Crippen LogP contribution >= 0.6 is 0 Å². The first-order valence-corrected chi connectivity index (χ1v) is 11.4. The lowest BCUT2D eigenvalue weighted by atomic mass is 9.84. The Bertz CT molecular complexity index is 701. The van der Waals surface area contributed by atoms with Crippen LogP contribution in [-0.2, 0) is 11.3 Å². The fourth-order valence-corrected chi connectivity index (χ4v) is 4.66. The molecule has 2 fully saturated rings. The van der Waals surface area contributed by atoms with E-state index in [0.29, 0.717) is 13.1 Å². The number of nitrogens with one attached hydrogen (secondary N) is 2. The van der Waals surface area contributed by atoms with Gasteiger partial charge < -0.3 is 20.4 Å². The number of hydrogen-bond acceptors (Lipinski definition) is 4. The van der Waals surface area contributed by atoms with Crippen LogP contribution in [0.25, 0.3) is 0 Å². The van der Waals surface area contributed by atoms with Gasteiger partial charge in [-0.25, -0.2) is 4.98 Å². The molecule has 7 nitrogen and oxygen atoms in total. The molecule has 1 aromatic rings. The minimum Gasteiger partial charge on any atom is -0.357 e. The first kappa shape index (κ1) is 22.4. The quantitative estimate of drug-likeness (QED) is 0.553. The smallest absolute Gasteiger partial charge is 0.230 e. The van der Waals surface area contributed by atoms with E-state index < -0.39 is 0 Å². The van der Waals surface area contributed by atoms with E-state index in [1.54, 1.807) is 11.9 Å². The highest BCUT2D eigenvalue weighted by molar-refractivity contribution is 5.85. The highest BCUT2D eigenvalue weighted by Crippen LogP contribution is 2.38. The monoisotopic (exact) mass is 414 g/mol. The molecule has 1 aromatic heterocycles. The van der Waals surface area contributed by atoms with E-state index in [-0.39, 0.29) is 11.3 Å². The summed E-state index contributed by atoms with van der Waals surface area (Å²) in [7, 11) is 5.46. The zero-order chi connectivity index (χ0) is 21.4. The van der Waals surface area contributed by atoms with Crippen molar-refractivity contribution >= 4 is 17.7 Å². The van der Waals surface area contributed by atoms with Crippen molar-refractivity contribution in [2.45, 2.75) is 57.9 Å². The van der Waals surface area contributed by atoms with Gasteiger partial charge in [-0.05, 0) is 37.3 Å². The molecular weight excluding hydrogens is 376 g/mol. The zero-order valence-electron chi connectivity index (χ0n) is 18.9. The number of hydrogen-bond donors (Lipinski definition) is 2. The second-order valence-corrected chi connectivity index (χ2v) is 8.89. The lowest BCUT2D eigenvalue weighted by molar-refractivity contribution is -0.138. The Morgan fingerprint density at radius 1 is 1.10 bits per heavy atom. The highest BCUT2D eigenvalue weighted by atomic mass is 16.2. The van der Waals surface area contributed by atoms with Crippen LogP contribution in [0.3, 0.4) is 0 Å². The molecule has 0 atom stereocenters. The predicted octanol–water partition coefficient (Wildman–Crippen LogP) is 2.78. The average Bonchev–Trinajstić information content (AvgIpc) is 3.08. The number of carbonyl (C=O) groups is 1. The van der Waals surface area contributed by atoms with Gasteiger partial charge in [-0.1, -0.05) is 31.7 Å². The van der Waals surface area contributed by atoms with E-state index in [1.165, 1.54) is 25.7 Å². The first-order chi connectivity index (χ1) is 14.5. The molecule has 1 amide bonds. The van der Waals surface area contributed by atoms with Gasteiger partial charge in [0.2, 0.25) is 5.91 Å². The second-order valence-electron chi connectivity index (χ2n) is 8.89. The molecule has 1 saturated heterocycles. The summed E-state index contributed by atoms with van der Waals surface area (Å²) in [4.78, 5) is 25.9. The van der Waals surface area contributed by atoms with Crippen LogP contribution in [-0.4, -0.2) is 62.5 Å². The van der Waals surface area contributed by atoms with Gasteiger partial charge >= 0.3 is 0 Å². The number of aromatic nitrogens is 1. The first-order valence-electron chi connectivity index (χ1n) is 11.4. The maximum Gasteiger partial charge on any atom is 0.230 e. The minimum atomic E-state index is -0.308.